The summed E-state index contributed by atoms with van der Waals surface area (Å²) in [5.41, 5.74) is 0. The summed E-state index contributed by atoms with van der Waals surface area (Å²) >= 11 is 0. The first-order chi connectivity index (χ1) is 7.94. The number of aliphatic hydroxyl groups excluding tert-OH is 1. The number of rotatable bonds is 6. The molecule has 98 valence electrons. The van der Waals surface area contributed by atoms with Crippen LogP contribution in [0.3, 0.4) is 0 Å². The van der Waals surface area contributed by atoms with E-state index in [1.54, 1.807) is 18.4 Å². The van der Waals surface area contributed by atoms with E-state index in [9.17, 15) is 8.42 Å². The zero-order chi connectivity index (χ0) is 13.1. The van der Waals surface area contributed by atoms with E-state index in [4.69, 9.17) is 5.11 Å². The van der Waals surface area contributed by atoms with Gasteiger partial charge in [-0.25, -0.2) is 18.1 Å². The lowest BCUT2D eigenvalue weighted by Gasteiger charge is -2.12. The van der Waals surface area contributed by atoms with Gasteiger partial charge in [0, 0.05) is 18.8 Å². The highest BCUT2D eigenvalue weighted by molar-refractivity contribution is 7.89. The zero-order valence-corrected chi connectivity index (χ0v) is 11.2. The van der Waals surface area contributed by atoms with Crippen LogP contribution in [0, 0.1) is 6.92 Å². The average molecular weight is 261 g/mol. The van der Waals surface area contributed by atoms with Crippen LogP contribution in [-0.2, 0) is 16.6 Å². The molecule has 6 nitrogen and oxygen atoms in total. The molecule has 0 aromatic carbocycles. The van der Waals surface area contributed by atoms with E-state index in [1.807, 2.05) is 6.92 Å². The van der Waals surface area contributed by atoms with E-state index >= 15 is 0 Å². The molecule has 1 rings (SSSR count). The molecule has 2 N–H and O–H groups in total. The van der Waals surface area contributed by atoms with Crippen LogP contribution in [0.1, 0.15) is 26.1 Å². The molecular weight excluding hydrogens is 242 g/mol. The highest BCUT2D eigenvalue weighted by atomic mass is 32.2. The molecule has 1 atom stereocenters. The maximum Gasteiger partial charge on any atom is 0.259 e. The van der Waals surface area contributed by atoms with Crippen molar-refractivity contribution in [1.29, 1.82) is 0 Å². The molecular formula is C10H19N3O3S. The van der Waals surface area contributed by atoms with Crippen LogP contribution in [0.15, 0.2) is 11.2 Å². The SMILES string of the molecule is CCC(CO)NS(=O)(=O)c1cn(CC)c(C)n1. The number of hydrogen-bond donors (Lipinski definition) is 2. The van der Waals surface area contributed by atoms with E-state index in [0.717, 1.165) is 0 Å². The molecule has 0 aliphatic rings. The highest BCUT2D eigenvalue weighted by Gasteiger charge is 2.21. The summed E-state index contributed by atoms with van der Waals surface area (Å²) in [4.78, 5) is 4.01. The molecule has 0 aliphatic heterocycles. The largest absolute Gasteiger partial charge is 0.395 e. The van der Waals surface area contributed by atoms with Gasteiger partial charge in [0.1, 0.15) is 5.82 Å². The van der Waals surface area contributed by atoms with E-state index in [2.05, 4.69) is 9.71 Å². The molecule has 0 bridgehead atoms. The van der Waals surface area contributed by atoms with Gasteiger partial charge >= 0.3 is 0 Å². The van der Waals surface area contributed by atoms with Gasteiger partial charge < -0.3 is 9.67 Å². The molecule has 0 radical (unpaired) electrons. The Morgan fingerprint density at radius 2 is 2.18 bits per heavy atom. The van der Waals surface area contributed by atoms with Crippen molar-refractivity contribution >= 4 is 10.0 Å². The zero-order valence-electron chi connectivity index (χ0n) is 10.3. The van der Waals surface area contributed by atoms with Crippen LogP contribution in [0.25, 0.3) is 0 Å². The van der Waals surface area contributed by atoms with E-state index < -0.39 is 16.1 Å². The second kappa shape index (κ2) is 5.61. The van der Waals surface area contributed by atoms with Crippen molar-refractivity contribution in [2.45, 2.75) is 44.8 Å². The Hall–Kier alpha value is -0.920. The van der Waals surface area contributed by atoms with Crippen molar-refractivity contribution in [3.05, 3.63) is 12.0 Å². The van der Waals surface area contributed by atoms with Crippen molar-refractivity contribution in [2.75, 3.05) is 6.61 Å². The molecule has 7 heteroatoms. The van der Waals surface area contributed by atoms with Crippen molar-refractivity contribution in [3.63, 3.8) is 0 Å². The number of aromatic nitrogens is 2. The summed E-state index contributed by atoms with van der Waals surface area (Å²) in [6.07, 6.45) is 2.03. The van der Waals surface area contributed by atoms with Crippen LogP contribution >= 0.6 is 0 Å². The second-order valence-electron chi connectivity index (χ2n) is 3.82. The lowest BCUT2D eigenvalue weighted by molar-refractivity contribution is 0.253. The summed E-state index contributed by atoms with van der Waals surface area (Å²) in [5, 5.41) is 8.99. The molecule has 1 unspecified atom stereocenters. The molecule has 1 heterocycles. The van der Waals surface area contributed by atoms with Crippen molar-refractivity contribution < 1.29 is 13.5 Å². The van der Waals surface area contributed by atoms with Crippen LogP contribution < -0.4 is 4.72 Å². The van der Waals surface area contributed by atoms with Gasteiger partial charge in [0.25, 0.3) is 10.0 Å². The third-order valence-electron chi connectivity index (χ3n) is 2.60. The van der Waals surface area contributed by atoms with Crippen molar-refractivity contribution in [1.82, 2.24) is 14.3 Å². The van der Waals surface area contributed by atoms with E-state index in [-0.39, 0.29) is 11.6 Å². The first kappa shape index (κ1) is 14.1. The van der Waals surface area contributed by atoms with Crippen LogP contribution in [-0.4, -0.2) is 35.7 Å². The molecule has 0 saturated heterocycles. The Morgan fingerprint density at radius 3 is 2.59 bits per heavy atom. The third-order valence-corrected chi connectivity index (χ3v) is 4.00. The Morgan fingerprint density at radius 1 is 1.53 bits per heavy atom. The first-order valence-corrected chi connectivity index (χ1v) is 7.09. The van der Waals surface area contributed by atoms with Crippen LogP contribution in [0.2, 0.25) is 0 Å². The normalized spacial score (nSPS) is 13.9. The molecule has 17 heavy (non-hydrogen) atoms. The molecule has 0 saturated carbocycles. The maximum atomic E-state index is 11.9. The quantitative estimate of drug-likeness (QED) is 0.769. The van der Waals surface area contributed by atoms with Gasteiger partial charge in [-0.15, -0.1) is 0 Å². The van der Waals surface area contributed by atoms with Gasteiger partial charge in [-0.1, -0.05) is 6.92 Å². The van der Waals surface area contributed by atoms with E-state index in [1.165, 1.54) is 6.20 Å². The second-order valence-corrected chi connectivity index (χ2v) is 5.48. The number of aryl methyl sites for hydroxylation is 2. The summed E-state index contributed by atoms with van der Waals surface area (Å²) in [7, 11) is -3.64. The number of hydrogen-bond acceptors (Lipinski definition) is 4. The minimum absolute atomic E-state index is 0.00347. The number of imidazole rings is 1. The third kappa shape index (κ3) is 3.27. The molecule has 0 spiro atoms. The van der Waals surface area contributed by atoms with E-state index in [0.29, 0.717) is 18.8 Å². The minimum atomic E-state index is -3.64. The lowest BCUT2D eigenvalue weighted by atomic mass is 10.3. The molecule has 1 aromatic rings. The summed E-state index contributed by atoms with van der Waals surface area (Å²) < 4.78 is 28.1. The smallest absolute Gasteiger partial charge is 0.259 e. The fraction of sp³-hybridized carbons (Fsp3) is 0.700. The predicted octanol–water partition coefficient (Wildman–Crippen LogP) is 0.261. The Labute approximate surface area is 102 Å². The number of nitrogens with zero attached hydrogens (tertiary/aromatic N) is 2. The highest BCUT2D eigenvalue weighted by Crippen LogP contribution is 2.10. The fourth-order valence-electron chi connectivity index (χ4n) is 1.46. The van der Waals surface area contributed by atoms with Crippen molar-refractivity contribution in [3.8, 4) is 0 Å². The minimum Gasteiger partial charge on any atom is -0.395 e. The van der Waals surface area contributed by atoms with Gasteiger partial charge in [-0.05, 0) is 20.3 Å². The summed E-state index contributed by atoms with van der Waals surface area (Å²) in [6.45, 7) is 5.93. The van der Waals surface area contributed by atoms with Gasteiger partial charge in [-0.3, -0.25) is 0 Å². The summed E-state index contributed by atoms with van der Waals surface area (Å²) in [5.74, 6) is 0.657. The standard InChI is InChI=1S/C10H19N3O3S/c1-4-9(7-14)12-17(15,16)10-6-13(5-2)8(3)11-10/h6,9,12,14H,4-5,7H2,1-3H3. The Kier molecular flexibility index (Phi) is 4.67. The van der Waals surface area contributed by atoms with Crippen molar-refractivity contribution in [2.24, 2.45) is 0 Å². The molecule has 0 fully saturated rings. The first-order valence-electron chi connectivity index (χ1n) is 5.61. The van der Waals surface area contributed by atoms with Gasteiger partial charge in [0.15, 0.2) is 5.03 Å². The fourth-order valence-corrected chi connectivity index (χ4v) is 2.78. The monoisotopic (exact) mass is 261 g/mol. The number of sulfonamides is 1. The molecule has 0 aliphatic carbocycles. The lowest BCUT2D eigenvalue weighted by Crippen LogP contribution is -2.37. The summed E-state index contributed by atoms with van der Waals surface area (Å²) in [6, 6.07) is -0.466. The topological polar surface area (TPSA) is 84.2 Å². The van der Waals surface area contributed by atoms with Gasteiger partial charge in [0.2, 0.25) is 0 Å². The molecule has 1 aromatic heterocycles. The van der Waals surface area contributed by atoms with Crippen LogP contribution in [0.4, 0.5) is 0 Å². The average Bonchev–Trinajstić information content (AvgIpc) is 2.68. The van der Waals surface area contributed by atoms with Gasteiger partial charge in [-0.2, -0.15) is 0 Å². The maximum absolute atomic E-state index is 11.9. The Balaban J connectivity index is 2.96. The number of nitrogens with one attached hydrogen (secondary N) is 1. The molecule has 0 amide bonds. The Bertz CT molecular complexity index is 463. The van der Waals surface area contributed by atoms with Crippen LogP contribution in [0.5, 0.6) is 0 Å². The predicted molar refractivity (Wildman–Crippen MR) is 64.1 cm³/mol. The van der Waals surface area contributed by atoms with Gasteiger partial charge in [0.05, 0.1) is 6.61 Å². The number of aliphatic hydroxyl groups is 1.